The minimum Gasteiger partial charge on any atom is -0.369 e. The molecule has 0 fully saturated rings. The van der Waals surface area contributed by atoms with Crippen molar-refractivity contribution in [3.8, 4) is 0 Å². The van der Waals surface area contributed by atoms with Gasteiger partial charge in [-0.25, -0.2) is 0 Å². The highest BCUT2D eigenvalue weighted by molar-refractivity contribution is 5.95. The van der Waals surface area contributed by atoms with Crippen LogP contribution < -0.4 is 5.73 Å². The molecule has 0 aliphatic rings. The van der Waals surface area contributed by atoms with E-state index in [1.54, 1.807) is 13.8 Å². The van der Waals surface area contributed by atoms with Gasteiger partial charge in [0.25, 0.3) is 0 Å². The van der Waals surface area contributed by atoms with Crippen LogP contribution in [0.2, 0.25) is 0 Å². The van der Waals surface area contributed by atoms with Gasteiger partial charge < -0.3 is 11.1 Å². The zero-order chi connectivity index (χ0) is 6.78. The highest BCUT2D eigenvalue weighted by atomic mass is 35.5. The first kappa shape index (κ1) is 16.4. The van der Waals surface area contributed by atoms with Gasteiger partial charge in [0.15, 0.2) is 0 Å². The van der Waals surface area contributed by atoms with Crippen molar-refractivity contribution in [2.24, 2.45) is 11.1 Å². The van der Waals surface area contributed by atoms with Crippen molar-refractivity contribution in [3.63, 3.8) is 0 Å². The molecule has 5 heteroatoms. The van der Waals surface area contributed by atoms with Crippen LogP contribution in [0.5, 0.6) is 0 Å². The molecule has 0 rings (SSSR count). The average Bonchev–Trinajstić information content (AvgIpc) is 1.67. The SMILES string of the molecule is CC(C)(C=N)C(N)=O.Cl.Cl. The minimum atomic E-state index is -0.778. The summed E-state index contributed by atoms with van der Waals surface area (Å²) in [6.07, 6.45) is 1.04. The van der Waals surface area contributed by atoms with Crippen molar-refractivity contribution in [1.29, 1.82) is 5.41 Å². The first-order valence-electron chi connectivity index (χ1n) is 2.32. The van der Waals surface area contributed by atoms with Crippen molar-refractivity contribution in [1.82, 2.24) is 0 Å². The van der Waals surface area contributed by atoms with Crippen LogP contribution >= 0.6 is 24.8 Å². The van der Waals surface area contributed by atoms with Crippen molar-refractivity contribution < 1.29 is 4.79 Å². The topological polar surface area (TPSA) is 66.9 Å². The summed E-state index contributed by atoms with van der Waals surface area (Å²) in [6, 6.07) is 0. The van der Waals surface area contributed by atoms with Gasteiger partial charge in [0, 0.05) is 6.21 Å². The number of carbonyl (C=O) groups is 1. The van der Waals surface area contributed by atoms with E-state index in [2.05, 4.69) is 0 Å². The summed E-state index contributed by atoms with van der Waals surface area (Å²) in [5.41, 5.74) is 4.11. The largest absolute Gasteiger partial charge is 0.369 e. The molecule has 3 nitrogen and oxygen atoms in total. The van der Waals surface area contributed by atoms with Gasteiger partial charge in [-0.1, -0.05) is 0 Å². The second-order valence-electron chi connectivity index (χ2n) is 2.23. The maximum Gasteiger partial charge on any atom is 0.228 e. The molecule has 0 unspecified atom stereocenters. The molecule has 0 heterocycles. The molecule has 0 bridgehead atoms. The fourth-order valence-electron chi connectivity index (χ4n) is 0.0711. The van der Waals surface area contributed by atoms with E-state index in [0.717, 1.165) is 6.21 Å². The Morgan fingerprint density at radius 1 is 1.50 bits per heavy atom. The maximum absolute atomic E-state index is 10.3. The third-order valence-corrected chi connectivity index (χ3v) is 0.996. The summed E-state index contributed by atoms with van der Waals surface area (Å²) in [6.45, 7) is 3.20. The number of hydrogen-bond donors (Lipinski definition) is 2. The zero-order valence-corrected chi connectivity index (χ0v) is 7.51. The molecule has 0 aromatic heterocycles. The number of nitrogens with two attached hydrogens (primary N) is 1. The second kappa shape index (κ2) is 5.50. The Morgan fingerprint density at radius 3 is 1.80 bits per heavy atom. The summed E-state index contributed by atoms with van der Waals surface area (Å²) >= 11 is 0. The lowest BCUT2D eigenvalue weighted by Gasteiger charge is -2.11. The lowest BCUT2D eigenvalue weighted by atomic mass is 9.95. The van der Waals surface area contributed by atoms with Crippen LogP contribution in [-0.4, -0.2) is 12.1 Å². The molecule has 0 aliphatic heterocycles. The van der Waals surface area contributed by atoms with Crippen LogP contribution in [0.25, 0.3) is 0 Å². The maximum atomic E-state index is 10.3. The Balaban J connectivity index is -0.000000245. The third kappa shape index (κ3) is 4.58. The standard InChI is InChI=1S/C5H10N2O.2ClH/c1-5(2,3-6)4(7)8;;/h3,6H,1-2H3,(H2,7,8);2*1H. The van der Waals surface area contributed by atoms with Gasteiger partial charge in [-0.15, -0.1) is 24.8 Å². The highest BCUT2D eigenvalue weighted by Crippen LogP contribution is 2.07. The van der Waals surface area contributed by atoms with Crippen LogP contribution in [0.3, 0.4) is 0 Å². The molecule has 0 atom stereocenters. The Bertz CT molecular complexity index is 125. The van der Waals surface area contributed by atoms with Gasteiger partial charge in [0.05, 0.1) is 5.41 Å². The number of carbonyl (C=O) groups excluding carboxylic acids is 1. The fraction of sp³-hybridized carbons (Fsp3) is 0.600. The molecule has 0 saturated carbocycles. The molecular formula is C5H12Cl2N2O. The average molecular weight is 187 g/mol. The van der Waals surface area contributed by atoms with E-state index in [-0.39, 0.29) is 24.8 Å². The van der Waals surface area contributed by atoms with E-state index in [4.69, 9.17) is 11.1 Å². The highest BCUT2D eigenvalue weighted by Gasteiger charge is 2.20. The van der Waals surface area contributed by atoms with Crippen molar-refractivity contribution in [2.75, 3.05) is 0 Å². The minimum absolute atomic E-state index is 0. The fourth-order valence-corrected chi connectivity index (χ4v) is 0.0711. The number of hydrogen-bond acceptors (Lipinski definition) is 2. The molecule has 0 aliphatic carbocycles. The van der Waals surface area contributed by atoms with Crippen molar-refractivity contribution >= 4 is 36.9 Å². The first-order valence-corrected chi connectivity index (χ1v) is 2.32. The molecule has 1 amide bonds. The second-order valence-corrected chi connectivity index (χ2v) is 2.23. The van der Waals surface area contributed by atoms with Gasteiger partial charge in [-0.05, 0) is 13.8 Å². The number of amides is 1. The lowest BCUT2D eigenvalue weighted by molar-refractivity contribution is -0.122. The lowest BCUT2D eigenvalue weighted by Crippen LogP contribution is -2.32. The van der Waals surface area contributed by atoms with Gasteiger partial charge in [0.1, 0.15) is 0 Å². The van der Waals surface area contributed by atoms with Crippen molar-refractivity contribution in [3.05, 3.63) is 0 Å². The molecule has 0 saturated heterocycles. The molecule has 0 radical (unpaired) electrons. The van der Waals surface area contributed by atoms with E-state index in [9.17, 15) is 4.79 Å². The summed E-state index contributed by atoms with van der Waals surface area (Å²) in [5, 5.41) is 6.71. The predicted octanol–water partition coefficient (Wildman–Crippen LogP) is 0.991. The predicted molar refractivity (Wildman–Crippen MR) is 46.3 cm³/mol. The summed E-state index contributed by atoms with van der Waals surface area (Å²) in [7, 11) is 0. The summed E-state index contributed by atoms with van der Waals surface area (Å²) < 4.78 is 0. The number of nitrogens with one attached hydrogen (secondary N) is 1. The quantitative estimate of drug-likeness (QED) is 0.622. The number of halogens is 2. The normalized spacial score (nSPS) is 8.60. The molecule has 0 aromatic carbocycles. The third-order valence-electron chi connectivity index (χ3n) is 0.996. The molecule has 3 N–H and O–H groups in total. The molecular weight excluding hydrogens is 175 g/mol. The van der Waals surface area contributed by atoms with Crippen LogP contribution in [0.1, 0.15) is 13.8 Å². The van der Waals surface area contributed by atoms with Crippen LogP contribution in [-0.2, 0) is 4.79 Å². The Labute approximate surface area is 72.7 Å². The number of rotatable bonds is 2. The monoisotopic (exact) mass is 186 g/mol. The number of primary amides is 1. The van der Waals surface area contributed by atoms with Gasteiger partial charge in [0.2, 0.25) is 5.91 Å². The zero-order valence-electron chi connectivity index (χ0n) is 5.88. The smallest absolute Gasteiger partial charge is 0.228 e. The summed E-state index contributed by atoms with van der Waals surface area (Å²) in [4.78, 5) is 10.3. The van der Waals surface area contributed by atoms with Crippen LogP contribution in [0.4, 0.5) is 0 Å². The molecule has 62 valence electrons. The van der Waals surface area contributed by atoms with Crippen LogP contribution in [0.15, 0.2) is 0 Å². The Kier molecular flexibility index (Phi) is 9.00. The van der Waals surface area contributed by atoms with Gasteiger partial charge in [-0.3, -0.25) is 4.79 Å². The first-order chi connectivity index (χ1) is 3.50. The van der Waals surface area contributed by atoms with Crippen LogP contribution in [0, 0.1) is 10.8 Å². The molecule has 0 spiro atoms. The van der Waals surface area contributed by atoms with E-state index in [1.807, 2.05) is 0 Å². The Morgan fingerprint density at radius 2 is 1.80 bits per heavy atom. The van der Waals surface area contributed by atoms with E-state index in [1.165, 1.54) is 0 Å². The van der Waals surface area contributed by atoms with E-state index < -0.39 is 11.3 Å². The van der Waals surface area contributed by atoms with E-state index in [0.29, 0.717) is 0 Å². The van der Waals surface area contributed by atoms with Crippen molar-refractivity contribution in [2.45, 2.75) is 13.8 Å². The Hall–Kier alpha value is -0.280. The van der Waals surface area contributed by atoms with Gasteiger partial charge in [-0.2, -0.15) is 0 Å². The van der Waals surface area contributed by atoms with Gasteiger partial charge >= 0.3 is 0 Å². The van der Waals surface area contributed by atoms with E-state index >= 15 is 0 Å². The molecule has 0 aromatic rings. The summed E-state index contributed by atoms with van der Waals surface area (Å²) in [5.74, 6) is -0.465. The molecule has 10 heavy (non-hydrogen) atoms.